The summed E-state index contributed by atoms with van der Waals surface area (Å²) in [4.78, 5) is 10.3. The zero-order valence-electron chi connectivity index (χ0n) is 32.7. The van der Waals surface area contributed by atoms with Gasteiger partial charge in [-0.15, -0.1) is 45.3 Å². The predicted octanol–water partition coefficient (Wildman–Crippen LogP) is 16.5. The van der Waals surface area contributed by atoms with Crippen LogP contribution in [0.1, 0.15) is 136 Å². The quantitative estimate of drug-likeness (QED) is 0.0523. The second-order valence-electron chi connectivity index (χ2n) is 14.3. The number of allylic oxidation sites excluding steroid dienone is 6. The molecular formula is C48H56N2OS4. The molecule has 0 radical (unpaired) electrons. The van der Waals surface area contributed by atoms with Crippen LogP contribution in [0.4, 0.5) is 0 Å². The molecule has 0 saturated carbocycles. The highest BCUT2D eigenvalue weighted by molar-refractivity contribution is 7.23. The molecule has 55 heavy (non-hydrogen) atoms. The summed E-state index contributed by atoms with van der Waals surface area (Å²) in [6.45, 7) is 4.55. The van der Waals surface area contributed by atoms with Crippen molar-refractivity contribution in [1.82, 2.24) is 0 Å². The van der Waals surface area contributed by atoms with Gasteiger partial charge in [-0.3, -0.25) is 0 Å². The minimum atomic E-state index is 0.0675. The number of ether oxygens (including phenoxy) is 1. The van der Waals surface area contributed by atoms with E-state index in [4.69, 9.17) is 4.74 Å². The predicted molar refractivity (Wildman–Crippen MR) is 241 cm³/mol. The van der Waals surface area contributed by atoms with Gasteiger partial charge in [0.15, 0.2) is 0 Å². The van der Waals surface area contributed by atoms with Crippen LogP contribution in [-0.4, -0.2) is 0 Å². The number of nitrogens with zero attached hydrogens (tertiary/aromatic N) is 2. The largest absolute Gasteiger partial charge is 0.457 e. The minimum Gasteiger partial charge on any atom is -0.457 e. The Balaban J connectivity index is 1.14. The summed E-state index contributed by atoms with van der Waals surface area (Å²) in [5.41, 5.74) is 0.623. The van der Waals surface area contributed by atoms with Crippen molar-refractivity contribution < 1.29 is 4.74 Å². The molecule has 0 aromatic carbocycles. The maximum absolute atomic E-state index is 9.65. The van der Waals surface area contributed by atoms with Crippen LogP contribution in [-0.2, 0) is 17.6 Å². The number of rotatable bonds is 24. The second kappa shape index (κ2) is 24.0. The van der Waals surface area contributed by atoms with Gasteiger partial charge in [0, 0.05) is 44.6 Å². The molecule has 7 heteroatoms. The number of thiophene rings is 4. The van der Waals surface area contributed by atoms with E-state index < -0.39 is 0 Å². The van der Waals surface area contributed by atoms with Gasteiger partial charge < -0.3 is 4.74 Å². The average molecular weight is 805 g/mol. The Kier molecular flexibility index (Phi) is 18.5. The van der Waals surface area contributed by atoms with Gasteiger partial charge in [0.2, 0.25) is 0 Å². The highest BCUT2D eigenvalue weighted by Crippen LogP contribution is 2.37. The lowest BCUT2D eigenvalue weighted by Crippen LogP contribution is -1.98. The SMILES string of the molecule is CCCCCCCCCCc1ccc(-c2ccc(/C=C/C3=CC(=C(C#N)C#N)C=C(/C=C/c4ccc(-c5ccc(CCCCCCCCCC)s5)s4)O3)s2)s1. The Hall–Kier alpha value is -3.72. The molecule has 4 aromatic rings. The zero-order valence-corrected chi connectivity index (χ0v) is 36.0. The smallest absolute Gasteiger partial charge is 0.137 e. The normalized spacial score (nSPS) is 12.9. The van der Waals surface area contributed by atoms with Crippen molar-refractivity contribution in [3.63, 3.8) is 0 Å². The molecule has 288 valence electrons. The molecule has 0 spiro atoms. The Morgan fingerprint density at radius 2 is 0.873 bits per heavy atom. The molecule has 0 unspecified atom stereocenters. The van der Waals surface area contributed by atoms with E-state index in [0.29, 0.717) is 17.1 Å². The fourth-order valence-corrected chi connectivity index (χ4v) is 10.7. The molecule has 0 bridgehead atoms. The van der Waals surface area contributed by atoms with E-state index in [1.54, 1.807) is 34.8 Å². The molecule has 4 aromatic heterocycles. The molecule has 0 fully saturated rings. The summed E-state index contributed by atoms with van der Waals surface area (Å²) in [7, 11) is 0. The first kappa shape index (κ1) is 42.4. The van der Waals surface area contributed by atoms with Crippen molar-refractivity contribution in [2.45, 2.75) is 129 Å². The lowest BCUT2D eigenvalue weighted by Gasteiger charge is -2.13. The van der Waals surface area contributed by atoms with E-state index in [-0.39, 0.29) is 5.57 Å². The number of nitriles is 2. The van der Waals surface area contributed by atoms with Crippen molar-refractivity contribution in [2.24, 2.45) is 0 Å². The zero-order chi connectivity index (χ0) is 38.5. The van der Waals surface area contributed by atoms with E-state index in [1.165, 1.54) is 145 Å². The Morgan fingerprint density at radius 1 is 0.491 bits per heavy atom. The van der Waals surface area contributed by atoms with Gasteiger partial charge in [-0.1, -0.05) is 104 Å². The molecule has 0 aliphatic carbocycles. The van der Waals surface area contributed by atoms with Gasteiger partial charge in [-0.05, 0) is 111 Å². The van der Waals surface area contributed by atoms with E-state index in [2.05, 4.69) is 62.4 Å². The Labute approximate surface area is 346 Å². The summed E-state index contributed by atoms with van der Waals surface area (Å²) in [5, 5.41) is 19.3. The third-order valence-electron chi connectivity index (χ3n) is 9.78. The van der Waals surface area contributed by atoms with Crippen molar-refractivity contribution in [3.8, 4) is 31.6 Å². The van der Waals surface area contributed by atoms with Gasteiger partial charge in [0.25, 0.3) is 0 Å². The van der Waals surface area contributed by atoms with Crippen LogP contribution in [0.2, 0.25) is 0 Å². The van der Waals surface area contributed by atoms with Gasteiger partial charge in [0.1, 0.15) is 29.2 Å². The Bertz CT molecular complexity index is 1870. The first-order chi connectivity index (χ1) is 27.1. The summed E-state index contributed by atoms with van der Waals surface area (Å²) < 4.78 is 6.26. The van der Waals surface area contributed by atoms with Crippen LogP contribution < -0.4 is 0 Å². The van der Waals surface area contributed by atoms with Crippen LogP contribution >= 0.6 is 45.3 Å². The molecule has 5 rings (SSSR count). The van der Waals surface area contributed by atoms with Crippen LogP contribution in [0.5, 0.6) is 0 Å². The lowest BCUT2D eigenvalue weighted by atomic mass is 10.1. The third kappa shape index (κ3) is 14.4. The van der Waals surface area contributed by atoms with Crippen molar-refractivity contribution in [3.05, 3.63) is 115 Å². The van der Waals surface area contributed by atoms with Crippen LogP contribution in [0.3, 0.4) is 0 Å². The molecule has 3 nitrogen and oxygen atoms in total. The third-order valence-corrected chi connectivity index (χ3v) is 14.6. The first-order valence-electron chi connectivity index (χ1n) is 20.5. The molecule has 0 saturated heterocycles. The summed E-state index contributed by atoms with van der Waals surface area (Å²) >= 11 is 7.34. The number of aryl methyl sites for hydroxylation is 2. The molecule has 1 aliphatic rings. The lowest BCUT2D eigenvalue weighted by molar-refractivity contribution is 0.332. The molecule has 1 aliphatic heterocycles. The van der Waals surface area contributed by atoms with Crippen molar-refractivity contribution in [2.75, 3.05) is 0 Å². The number of hydrogen-bond donors (Lipinski definition) is 0. The molecule has 0 N–H and O–H groups in total. The number of unbranched alkanes of at least 4 members (excludes halogenated alkanes) is 14. The van der Waals surface area contributed by atoms with Crippen molar-refractivity contribution in [1.29, 1.82) is 10.5 Å². The summed E-state index contributed by atoms with van der Waals surface area (Å²) in [5.74, 6) is 1.18. The topological polar surface area (TPSA) is 56.8 Å². The maximum Gasteiger partial charge on any atom is 0.137 e. The standard InChI is InChI=1S/C48H56N2OS4/c1-3-5-7-9-11-13-15-17-19-41-25-29-45(52-41)47-31-27-43(54-47)23-21-39-33-37(38(35-49)36-50)34-40(51-39)22-24-44-28-32-48(55-44)46-30-26-42(53-46)20-18-16-14-12-10-8-6-4-2/h21-34H,3-20H2,1-2H3/b23-21+,24-22+. The van der Waals surface area contributed by atoms with E-state index in [9.17, 15) is 10.5 Å². The molecule has 0 atom stereocenters. The highest BCUT2D eigenvalue weighted by atomic mass is 32.1. The van der Waals surface area contributed by atoms with Crippen LogP contribution in [0.15, 0.2) is 95.5 Å². The van der Waals surface area contributed by atoms with Gasteiger partial charge >= 0.3 is 0 Å². The summed E-state index contributed by atoms with van der Waals surface area (Å²) in [6, 6.07) is 21.9. The van der Waals surface area contributed by atoms with Crippen molar-refractivity contribution >= 4 is 57.5 Å². The average Bonchev–Trinajstić information content (AvgIpc) is 4.04. The van der Waals surface area contributed by atoms with Crippen LogP contribution in [0.25, 0.3) is 31.7 Å². The molecule has 0 amide bonds. The minimum absolute atomic E-state index is 0.0675. The fraction of sp³-hybridized carbons (Fsp3) is 0.417. The highest BCUT2D eigenvalue weighted by Gasteiger charge is 2.13. The van der Waals surface area contributed by atoms with Gasteiger partial charge in [-0.25, -0.2) is 0 Å². The second-order valence-corrected chi connectivity index (χ2v) is 18.9. The number of hydrogen-bond acceptors (Lipinski definition) is 7. The van der Waals surface area contributed by atoms with E-state index >= 15 is 0 Å². The maximum atomic E-state index is 9.65. The first-order valence-corrected chi connectivity index (χ1v) is 23.7. The Morgan fingerprint density at radius 3 is 1.29 bits per heavy atom. The molecule has 5 heterocycles. The summed E-state index contributed by atoms with van der Waals surface area (Å²) in [6.07, 6.45) is 35.4. The van der Waals surface area contributed by atoms with E-state index in [0.717, 1.165) is 9.75 Å². The molecular weight excluding hydrogens is 749 g/mol. The van der Waals surface area contributed by atoms with Gasteiger partial charge in [-0.2, -0.15) is 10.5 Å². The monoisotopic (exact) mass is 804 g/mol. The van der Waals surface area contributed by atoms with E-state index in [1.807, 2.05) is 59.1 Å². The fourth-order valence-electron chi connectivity index (χ4n) is 6.64. The van der Waals surface area contributed by atoms with Gasteiger partial charge in [0.05, 0.1) is 0 Å². The van der Waals surface area contributed by atoms with Crippen LogP contribution in [0, 0.1) is 22.7 Å².